The second kappa shape index (κ2) is 7.59. The van der Waals surface area contributed by atoms with Gasteiger partial charge in [0.2, 0.25) is 0 Å². The standard InChI is InChI=1S/C14H25NO5/c1-5-9(4)10(7-19-6-8(2)3)15-13(16)11-12(20-11)14(17)18/h8-12H,5-7H2,1-4H3,(H,15,16)(H,17,18)/t9-,10?,11-,12-/m0/s1. The fourth-order valence-corrected chi connectivity index (χ4v) is 1.83. The Morgan fingerprint density at radius 2 is 1.90 bits per heavy atom. The first-order chi connectivity index (χ1) is 9.36. The maximum Gasteiger partial charge on any atom is 0.336 e. The number of hydrogen-bond acceptors (Lipinski definition) is 4. The SMILES string of the molecule is CC[C@H](C)C(COCC(C)C)NC(=O)[C@H]1O[C@@H]1C(=O)O. The number of rotatable bonds is 9. The van der Waals surface area contributed by atoms with E-state index < -0.39 is 18.2 Å². The highest BCUT2D eigenvalue weighted by Gasteiger charge is 2.51. The van der Waals surface area contributed by atoms with Crippen molar-refractivity contribution < 1.29 is 24.2 Å². The van der Waals surface area contributed by atoms with Crippen molar-refractivity contribution in [3.8, 4) is 0 Å². The van der Waals surface area contributed by atoms with Gasteiger partial charge in [0.1, 0.15) is 0 Å². The van der Waals surface area contributed by atoms with Gasteiger partial charge in [-0.1, -0.05) is 34.1 Å². The van der Waals surface area contributed by atoms with E-state index in [-0.39, 0.29) is 17.9 Å². The molecule has 1 saturated heterocycles. The van der Waals surface area contributed by atoms with Gasteiger partial charge in [0.15, 0.2) is 12.2 Å². The van der Waals surface area contributed by atoms with Gasteiger partial charge in [-0.15, -0.1) is 0 Å². The fourth-order valence-electron chi connectivity index (χ4n) is 1.83. The first-order valence-corrected chi connectivity index (χ1v) is 7.13. The van der Waals surface area contributed by atoms with E-state index in [1.165, 1.54) is 0 Å². The molecule has 0 saturated carbocycles. The molecule has 2 N–H and O–H groups in total. The monoisotopic (exact) mass is 287 g/mol. The number of carbonyl (C=O) groups is 2. The number of aliphatic carboxylic acids is 1. The van der Waals surface area contributed by atoms with Crippen LogP contribution in [-0.4, -0.2) is 48.4 Å². The number of ether oxygens (including phenoxy) is 2. The average molecular weight is 287 g/mol. The molecule has 1 unspecified atom stereocenters. The summed E-state index contributed by atoms with van der Waals surface area (Å²) in [6, 6.07) is -0.120. The van der Waals surface area contributed by atoms with Crippen LogP contribution in [0.3, 0.4) is 0 Å². The number of carbonyl (C=O) groups excluding carboxylic acids is 1. The molecule has 0 bridgehead atoms. The summed E-state index contributed by atoms with van der Waals surface area (Å²) in [5, 5.41) is 11.6. The maximum atomic E-state index is 11.9. The Labute approximate surface area is 119 Å². The van der Waals surface area contributed by atoms with Crippen LogP contribution in [0.4, 0.5) is 0 Å². The molecular weight excluding hydrogens is 262 g/mol. The maximum absolute atomic E-state index is 11.9. The van der Waals surface area contributed by atoms with E-state index >= 15 is 0 Å². The molecule has 1 aliphatic heterocycles. The van der Waals surface area contributed by atoms with Crippen molar-refractivity contribution in [1.29, 1.82) is 0 Å². The Hall–Kier alpha value is -1.14. The summed E-state index contributed by atoms with van der Waals surface area (Å²) in [5.74, 6) is -0.767. The number of carboxylic acid groups (broad SMARTS) is 1. The predicted octanol–water partition coefficient (Wildman–Crippen LogP) is 1.04. The molecule has 0 spiro atoms. The molecule has 6 heteroatoms. The highest BCUT2D eigenvalue weighted by molar-refractivity contribution is 5.92. The van der Waals surface area contributed by atoms with Gasteiger partial charge in [0.05, 0.1) is 12.6 Å². The summed E-state index contributed by atoms with van der Waals surface area (Å²) in [7, 11) is 0. The molecule has 20 heavy (non-hydrogen) atoms. The minimum absolute atomic E-state index is 0.120. The molecule has 1 aliphatic rings. The predicted molar refractivity (Wildman–Crippen MR) is 73.3 cm³/mol. The van der Waals surface area contributed by atoms with Gasteiger partial charge in [0.25, 0.3) is 5.91 Å². The van der Waals surface area contributed by atoms with Crippen LogP contribution in [0, 0.1) is 11.8 Å². The first-order valence-electron chi connectivity index (χ1n) is 7.13. The second-order valence-electron chi connectivity index (χ2n) is 5.75. The van der Waals surface area contributed by atoms with Crippen molar-refractivity contribution >= 4 is 11.9 Å². The molecule has 0 aromatic rings. The molecule has 6 nitrogen and oxygen atoms in total. The van der Waals surface area contributed by atoms with Crippen molar-refractivity contribution in [2.45, 2.75) is 52.4 Å². The van der Waals surface area contributed by atoms with Crippen LogP contribution in [-0.2, 0) is 19.1 Å². The number of carboxylic acids is 1. The Balaban J connectivity index is 2.44. The summed E-state index contributed by atoms with van der Waals surface area (Å²) in [6.07, 6.45) is -0.947. The van der Waals surface area contributed by atoms with Gasteiger partial charge >= 0.3 is 5.97 Å². The Morgan fingerprint density at radius 1 is 1.25 bits per heavy atom. The normalized spacial score (nSPS) is 24.2. The summed E-state index contributed by atoms with van der Waals surface area (Å²) in [4.78, 5) is 22.6. The zero-order chi connectivity index (χ0) is 15.3. The Kier molecular flexibility index (Phi) is 6.42. The molecule has 1 rings (SSSR count). The molecular formula is C14H25NO5. The molecule has 0 aromatic carbocycles. The molecule has 116 valence electrons. The van der Waals surface area contributed by atoms with Crippen molar-refractivity contribution in [2.75, 3.05) is 13.2 Å². The minimum Gasteiger partial charge on any atom is -0.479 e. The van der Waals surface area contributed by atoms with Crippen LogP contribution in [0.2, 0.25) is 0 Å². The van der Waals surface area contributed by atoms with Gasteiger partial charge in [-0.2, -0.15) is 0 Å². The zero-order valence-corrected chi connectivity index (χ0v) is 12.6. The van der Waals surface area contributed by atoms with Crippen molar-refractivity contribution in [3.63, 3.8) is 0 Å². The lowest BCUT2D eigenvalue weighted by molar-refractivity contribution is -0.138. The van der Waals surface area contributed by atoms with E-state index in [2.05, 4.69) is 19.2 Å². The molecule has 1 heterocycles. The van der Waals surface area contributed by atoms with Gasteiger partial charge in [-0.3, -0.25) is 4.79 Å². The second-order valence-corrected chi connectivity index (χ2v) is 5.75. The first kappa shape index (κ1) is 16.9. The van der Waals surface area contributed by atoms with E-state index in [1.54, 1.807) is 0 Å². The van der Waals surface area contributed by atoms with E-state index in [9.17, 15) is 9.59 Å². The number of epoxide rings is 1. The fraction of sp³-hybridized carbons (Fsp3) is 0.857. The smallest absolute Gasteiger partial charge is 0.336 e. The van der Waals surface area contributed by atoms with Gasteiger partial charge in [-0.25, -0.2) is 4.79 Å². The largest absolute Gasteiger partial charge is 0.479 e. The van der Waals surface area contributed by atoms with Crippen molar-refractivity contribution in [1.82, 2.24) is 5.32 Å². The van der Waals surface area contributed by atoms with Crippen molar-refractivity contribution in [2.24, 2.45) is 11.8 Å². The van der Waals surface area contributed by atoms with E-state index in [0.29, 0.717) is 19.1 Å². The Morgan fingerprint density at radius 3 is 2.35 bits per heavy atom. The van der Waals surface area contributed by atoms with Crippen LogP contribution in [0.15, 0.2) is 0 Å². The average Bonchev–Trinajstić information content (AvgIpc) is 3.16. The lowest BCUT2D eigenvalue weighted by Crippen LogP contribution is -2.45. The third kappa shape index (κ3) is 5.09. The zero-order valence-electron chi connectivity index (χ0n) is 12.6. The van der Waals surface area contributed by atoms with Crippen LogP contribution in [0.1, 0.15) is 34.1 Å². The highest BCUT2D eigenvalue weighted by atomic mass is 16.6. The summed E-state index contributed by atoms with van der Waals surface area (Å²) in [5.41, 5.74) is 0. The van der Waals surface area contributed by atoms with Crippen LogP contribution < -0.4 is 5.32 Å². The third-order valence-electron chi connectivity index (χ3n) is 3.40. The van der Waals surface area contributed by atoms with Crippen molar-refractivity contribution in [3.05, 3.63) is 0 Å². The minimum atomic E-state index is -1.10. The van der Waals surface area contributed by atoms with Crippen LogP contribution >= 0.6 is 0 Å². The van der Waals surface area contributed by atoms with Crippen LogP contribution in [0.25, 0.3) is 0 Å². The quantitative estimate of drug-likeness (QED) is 0.619. The van der Waals surface area contributed by atoms with E-state index in [1.807, 2.05) is 13.8 Å². The number of nitrogens with one attached hydrogen (secondary N) is 1. The molecule has 0 radical (unpaired) electrons. The Bertz CT molecular complexity index is 344. The van der Waals surface area contributed by atoms with Crippen LogP contribution in [0.5, 0.6) is 0 Å². The topological polar surface area (TPSA) is 88.2 Å². The summed E-state index contributed by atoms with van der Waals surface area (Å²) < 4.78 is 10.4. The molecule has 0 aliphatic carbocycles. The van der Waals surface area contributed by atoms with Gasteiger partial charge < -0.3 is 19.9 Å². The molecule has 1 fully saturated rings. The van der Waals surface area contributed by atoms with Gasteiger partial charge in [0, 0.05) is 6.61 Å². The number of amides is 1. The molecule has 4 atom stereocenters. The van der Waals surface area contributed by atoms with E-state index in [0.717, 1.165) is 6.42 Å². The highest BCUT2D eigenvalue weighted by Crippen LogP contribution is 2.23. The molecule has 1 amide bonds. The third-order valence-corrected chi connectivity index (χ3v) is 3.40. The molecule has 0 aromatic heterocycles. The summed E-state index contributed by atoms with van der Waals surface area (Å²) in [6.45, 7) is 9.27. The lowest BCUT2D eigenvalue weighted by atomic mass is 9.99. The van der Waals surface area contributed by atoms with E-state index in [4.69, 9.17) is 14.6 Å². The number of hydrogen-bond donors (Lipinski definition) is 2. The van der Waals surface area contributed by atoms with Gasteiger partial charge in [-0.05, 0) is 11.8 Å². The summed E-state index contributed by atoms with van der Waals surface area (Å²) >= 11 is 0. The lowest BCUT2D eigenvalue weighted by Gasteiger charge is -2.24.